The van der Waals surface area contributed by atoms with Crippen LogP contribution < -0.4 is 4.90 Å². The highest BCUT2D eigenvalue weighted by Gasteiger charge is 2.19. The fourth-order valence-electron chi connectivity index (χ4n) is 4.62. The quantitative estimate of drug-likeness (QED) is 0.526. The molecular weight excluding hydrogens is 368 g/mol. The number of hydrogen-bond donors (Lipinski definition) is 1. The zero-order chi connectivity index (χ0) is 20.7. The molecule has 1 fully saturated rings. The smallest absolute Gasteiger partial charge is 0.137 e. The molecule has 0 unspecified atom stereocenters. The van der Waals surface area contributed by atoms with Crippen molar-refractivity contribution in [3.8, 4) is 22.3 Å². The Bertz CT molecular complexity index is 1160. The zero-order valence-corrected chi connectivity index (χ0v) is 17.9. The summed E-state index contributed by atoms with van der Waals surface area (Å²) in [4.78, 5) is 12.9. The average Bonchev–Trinajstić information content (AvgIpc) is 3.18. The number of H-pyrrole nitrogens is 1. The molecule has 4 nitrogen and oxygen atoms in total. The number of fused-ring (bicyclic) bond motifs is 1. The molecule has 151 valence electrons. The average molecular weight is 396 g/mol. The molecule has 5 rings (SSSR count). The molecule has 0 spiro atoms. The first-order valence-electron chi connectivity index (χ1n) is 10.6. The minimum atomic E-state index is 0.920. The fraction of sp³-hybridized carbons (Fsp3) is 0.269. The topological polar surface area (TPSA) is 35.2 Å². The van der Waals surface area contributed by atoms with Crippen molar-refractivity contribution in [2.75, 3.05) is 38.1 Å². The number of nitrogens with one attached hydrogen (secondary N) is 1. The van der Waals surface area contributed by atoms with Gasteiger partial charge in [0.05, 0.1) is 0 Å². The van der Waals surface area contributed by atoms with Gasteiger partial charge in [0.1, 0.15) is 5.65 Å². The van der Waals surface area contributed by atoms with Crippen LogP contribution in [-0.2, 0) is 0 Å². The minimum absolute atomic E-state index is 0.920. The van der Waals surface area contributed by atoms with Crippen LogP contribution in [0.15, 0.2) is 54.9 Å². The number of anilines is 1. The second-order valence-electron chi connectivity index (χ2n) is 8.36. The number of hydrogen-bond acceptors (Lipinski definition) is 3. The SMILES string of the molecule is Cc1cc(-c2cnc3[nH]cc(-c4cc[c]cc4)c3c2)cc(C)c1N1CCN(C)CC1. The molecule has 1 aliphatic rings. The molecular formula is C26H27N4. The van der Waals surface area contributed by atoms with Gasteiger partial charge in [0.15, 0.2) is 0 Å². The second-order valence-corrected chi connectivity index (χ2v) is 8.36. The van der Waals surface area contributed by atoms with E-state index in [0.29, 0.717) is 0 Å². The summed E-state index contributed by atoms with van der Waals surface area (Å²) in [6.07, 6.45) is 4.02. The maximum atomic E-state index is 4.70. The van der Waals surface area contributed by atoms with E-state index in [1.165, 1.54) is 33.5 Å². The first-order valence-corrected chi connectivity index (χ1v) is 10.6. The number of rotatable bonds is 3. The molecule has 2 aromatic heterocycles. The number of piperazine rings is 1. The Labute approximate surface area is 178 Å². The summed E-state index contributed by atoms with van der Waals surface area (Å²) >= 11 is 0. The lowest BCUT2D eigenvalue weighted by Gasteiger charge is -2.36. The molecule has 0 aliphatic carbocycles. The molecule has 2 aromatic carbocycles. The molecule has 0 bridgehead atoms. The van der Waals surface area contributed by atoms with Crippen LogP contribution in [-0.4, -0.2) is 48.1 Å². The van der Waals surface area contributed by atoms with E-state index in [1.807, 2.05) is 24.5 Å². The van der Waals surface area contributed by atoms with E-state index in [1.54, 1.807) is 0 Å². The third-order valence-corrected chi connectivity index (χ3v) is 6.20. The van der Waals surface area contributed by atoms with E-state index in [0.717, 1.165) is 42.8 Å². The van der Waals surface area contributed by atoms with Crippen LogP contribution >= 0.6 is 0 Å². The summed E-state index contributed by atoms with van der Waals surface area (Å²) in [5.74, 6) is 0. The predicted molar refractivity (Wildman–Crippen MR) is 125 cm³/mol. The van der Waals surface area contributed by atoms with Crippen molar-refractivity contribution in [3.05, 3.63) is 72.1 Å². The van der Waals surface area contributed by atoms with Crippen molar-refractivity contribution in [2.45, 2.75) is 13.8 Å². The number of aromatic nitrogens is 2. The highest BCUT2D eigenvalue weighted by Crippen LogP contribution is 2.34. The number of pyridine rings is 1. The minimum Gasteiger partial charge on any atom is -0.369 e. The Morgan fingerprint density at radius 3 is 2.30 bits per heavy atom. The summed E-state index contributed by atoms with van der Waals surface area (Å²) < 4.78 is 0. The van der Waals surface area contributed by atoms with E-state index in [4.69, 9.17) is 4.98 Å². The van der Waals surface area contributed by atoms with Crippen LogP contribution in [0, 0.1) is 19.9 Å². The molecule has 1 radical (unpaired) electrons. The monoisotopic (exact) mass is 395 g/mol. The zero-order valence-electron chi connectivity index (χ0n) is 17.9. The summed E-state index contributed by atoms with van der Waals surface area (Å²) in [5, 5.41) is 1.15. The van der Waals surface area contributed by atoms with Gasteiger partial charge >= 0.3 is 0 Å². The molecule has 4 aromatic rings. The van der Waals surface area contributed by atoms with Crippen molar-refractivity contribution in [3.63, 3.8) is 0 Å². The number of aryl methyl sites for hydroxylation is 2. The largest absolute Gasteiger partial charge is 0.369 e. The molecule has 3 heterocycles. The van der Waals surface area contributed by atoms with Crippen LogP contribution in [0.2, 0.25) is 0 Å². The lowest BCUT2D eigenvalue weighted by molar-refractivity contribution is 0.312. The Balaban J connectivity index is 1.54. The van der Waals surface area contributed by atoms with Crippen molar-refractivity contribution in [1.82, 2.24) is 14.9 Å². The fourth-order valence-corrected chi connectivity index (χ4v) is 4.62. The maximum Gasteiger partial charge on any atom is 0.137 e. The number of nitrogens with zero attached hydrogens (tertiary/aromatic N) is 3. The summed E-state index contributed by atoms with van der Waals surface area (Å²) in [6, 6.07) is 18.1. The van der Waals surface area contributed by atoms with Gasteiger partial charge < -0.3 is 14.8 Å². The predicted octanol–water partition coefficient (Wildman–Crippen LogP) is 5.07. The lowest BCUT2D eigenvalue weighted by atomic mass is 9.97. The van der Waals surface area contributed by atoms with E-state index in [9.17, 15) is 0 Å². The molecule has 0 saturated carbocycles. The molecule has 0 amide bonds. The van der Waals surface area contributed by atoms with Gasteiger partial charge in [0.25, 0.3) is 0 Å². The molecule has 4 heteroatoms. The number of benzene rings is 2. The van der Waals surface area contributed by atoms with E-state index >= 15 is 0 Å². The molecule has 0 atom stereocenters. The van der Waals surface area contributed by atoms with E-state index in [2.05, 4.69) is 72.1 Å². The highest BCUT2D eigenvalue weighted by molar-refractivity contribution is 5.95. The Kier molecular flexibility index (Phi) is 4.80. The van der Waals surface area contributed by atoms with Gasteiger partial charge in [-0.1, -0.05) is 24.3 Å². The highest BCUT2D eigenvalue weighted by atomic mass is 15.2. The first kappa shape index (κ1) is 18.9. The lowest BCUT2D eigenvalue weighted by Crippen LogP contribution is -2.45. The third-order valence-electron chi connectivity index (χ3n) is 6.20. The van der Waals surface area contributed by atoms with Gasteiger partial charge in [0, 0.05) is 60.8 Å². The number of likely N-dealkylation sites (N-methyl/N-ethyl adjacent to an activating group) is 1. The Hall–Kier alpha value is -3.11. The Morgan fingerprint density at radius 2 is 1.60 bits per heavy atom. The van der Waals surface area contributed by atoms with Crippen molar-refractivity contribution in [1.29, 1.82) is 0 Å². The molecule has 1 aliphatic heterocycles. The van der Waals surface area contributed by atoms with Gasteiger partial charge in [-0.05, 0) is 67.4 Å². The third kappa shape index (κ3) is 3.37. The standard InChI is InChI=1S/C26H27N4/c1-18-13-21(14-19(2)25(18)30-11-9-29(3)10-12-30)22-15-23-24(17-28-26(23)27-16-22)20-7-5-4-6-8-20/h5-8,13-17H,9-12H2,1-3H3,(H,27,28). The summed E-state index contributed by atoms with van der Waals surface area (Å²) in [5.41, 5.74) is 9.72. The Morgan fingerprint density at radius 1 is 0.900 bits per heavy atom. The van der Waals surface area contributed by atoms with Gasteiger partial charge in [-0.15, -0.1) is 0 Å². The van der Waals surface area contributed by atoms with Crippen LogP contribution in [0.5, 0.6) is 0 Å². The molecule has 1 saturated heterocycles. The van der Waals surface area contributed by atoms with E-state index in [-0.39, 0.29) is 0 Å². The van der Waals surface area contributed by atoms with Gasteiger partial charge in [-0.25, -0.2) is 4.98 Å². The summed E-state index contributed by atoms with van der Waals surface area (Å²) in [7, 11) is 2.20. The molecule has 1 N–H and O–H groups in total. The van der Waals surface area contributed by atoms with E-state index < -0.39 is 0 Å². The number of aromatic amines is 1. The normalized spacial score (nSPS) is 15.1. The van der Waals surface area contributed by atoms with Crippen molar-refractivity contribution >= 4 is 16.7 Å². The second kappa shape index (κ2) is 7.62. The van der Waals surface area contributed by atoms with Gasteiger partial charge in [-0.3, -0.25) is 0 Å². The van der Waals surface area contributed by atoms with Crippen molar-refractivity contribution in [2.24, 2.45) is 0 Å². The van der Waals surface area contributed by atoms with Crippen LogP contribution in [0.25, 0.3) is 33.3 Å². The van der Waals surface area contributed by atoms with Gasteiger partial charge in [0.2, 0.25) is 0 Å². The molecule has 30 heavy (non-hydrogen) atoms. The van der Waals surface area contributed by atoms with Crippen LogP contribution in [0.3, 0.4) is 0 Å². The van der Waals surface area contributed by atoms with Crippen LogP contribution in [0.4, 0.5) is 5.69 Å². The summed E-state index contributed by atoms with van der Waals surface area (Å²) in [6.45, 7) is 8.89. The van der Waals surface area contributed by atoms with Gasteiger partial charge in [-0.2, -0.15) is 0 Å². The van der Waals surface area contributed by atoms with Crippen LogP contribution in [0.1, 0.15) is 11.1 Å². The van der Waals surface area contributed by atoms with Crippen molar-refractivity contribution < 1.29 is 0 Å². The first-order chi connectivity index (χ1) is 14.6. The maximum absolute atomic E-state index is 4.70.